The van der Waals surface area contributed by atoms with Gasteiger partial charge in [-0.3, -0.25) is 0 Å². The van der Waals surface area contributed by atoms with Gasteiger partial charge >= 0.3 is 0 Å². The summed E-state index contributed by atoms with van der Waals surface area (Å²) in [5, 5.41) is 5.88. The first-order valence-corrected chi connectivity index (χ1v) is 5.62. The lowest BCUT2D eigenvalue weighted by molar-refractivity contribution is 0.912. The summed E-state index contributed by atoms with van der Waals surface area (Å²) >= 11 is 6.04. The van der Waals surface area contributed by atoms with Crippen molar-refractivity contribution in [3.63, 3.8) is 0 Å². The molecule has 0 spiro atoms. The predicted octanol–water partition coefficient (Wildman–Crippen LogP) is 3.26. The summed E-state index contributed by atoms with van der Waals surface area (Å²) in [7, 11) is 0. The molecule has 3 rings (SSSR count). The van der Waals surface area contributed by atoms with E-state index in [1.54, 1.807) is 16.9 Å². The van der Waals surface area contributed by atoms with Crippen LogP contribution in [0.5, 0.6) is 0 Å². The number of rotatable bonds is 1. The highest BCUT2D eigenvalue weighted by molar-refractivity contribution is 6.34. The number of aromatic nitrogens is 2. The minimum atomic E-state index is 0.551. The third kappa shape index (κ3) is 1.56. The number of fused-ring (bicyclic) bond motifs is 1. The lowest BCUT2D eigenvalue weighted by Crippen LogP contribution is -1.98. The van der Waals surface area contributed by atoms with Crippen molar-refractivity contribution in [1.82, 2.24) is 9.78 Å². The van der Waals surface area contributed by atoms with Crippen molar-refractivity contribution in [2.45, 2.75) is 0 Å². The van der Waals surface area contributed by atoms with Gasteiger partial charge in [0, 0.05) is 5.39 Å². The zero-order chi connectivity index (χ0) is 11.8. The van der Waals surface area contributed by atoms with Crippen LogP contribution in [0.15, 0.2) is 48.7 Å². The Hall–Kier alpha value is -2.00. The van der Waals surface area contributed by atoms with Gasteiger partial charge in [0.25, 0.3) is 0 Å². The lowest BCUT2D eigenvalue weighted by Gasteiger charge is -2.06. The first-order chi connectivity index (χ1) is 8.27. The summed E-state index contributed by atoms with van der Waals surface area (Å²) in [5.41, 5.74) is 8.39. The number of nitrogen functional groups attached to an aromatic ring is 1. The predicted molar refractivity (Wildman–Crippen MR) is 70.5 cm³/mol. The van der Waals surface area contributed by atoms with Crippen molar-refractivity contribution >= 4 is 28.2 Å². The largest absolute Gasteiger partial charge is 0.396 e. The third-order valence-electron chi connectivity index (χ3n) is 2.72. The number of hydrogen-bond acceptors (Lipinski definition) is 2. The van der Waals surface area contributed by atoms with Crippen LogP contribution in [0, 0.1) is 0 Å². The second-order valence-corrected chi connectivity index (χ2v) is 4.20. The van der Waals surface area contributed by atoms with E-state index in [1.165, 1.54) is 0 Å². The lowest BCUT2D eigenvalue weighted by atomic mass is 10.2. The molecule has 17 heavy (non-hydrogen) atoms. The van der Waals surface area contributed by atoms with Crippen molar-refractivity contribution in [2.24, 2.45) is 0 Å². The SMILES string of the molecule is Nc1c(Cl)ccc2cnn(-c3ccccc3)c12. The van der Waals surface area contributed by atoms with Crippen molar-refractivity contribution in [3.8, 4) is 5.69 Å². The molecule has 4 heteroatoms. The van der Waals surface area contributed by atoms with Gasteiger partial charge in [-0.15, -0.1) is 0 Å². The quantitative estimate of drug-likeness (QED) is 0.667. The molecule has 0 bridgehead atoms. The van der Waals surface area contributed by atoms with E-state index >= 15 is 0 Å². The Bertz CT molecular complexity index is 674. The van der Waals surface area contributed by atoms with Crippen molar-refractivity contribution in [2.75, 3.05) is 5.73 Å². The maximum atomic E-state index is 6.04. The molecule has 0 aliphatic rings. The second-order valence-electron chi connectivity index (χ2n) is 3.79. The van der Waals surface area contributed by atoms with Crippen LogP contribution in [-0.4, -0.2) is 9.78 Å². The molecule has 0 aliphatic heterocycles. The normalized spacial score (nSPS) is 10.9. The van der Waals surface area contributed by atoms with E-state index < -0.39 is 0 Å². The standard InChI is InChI=1S/C13H10ClN3/c14-11-7-6-9-8-16-17(13(9)12(11)15)10-4-2-1-3-5-10/h1-8H,15H2. The van der Waals surface area contributed by atoms with Crippen LogP contribution in [0.4, 0.5) is 5.69 Å². The maximum absolute atomic E-state index is 6.04. The monoisotopic (exact) mass is 243 g/mol. The fourth-order valence-corrected chi connectivity index (χ4v) is 2.04. The van der Waals surface area contributed by atoms with E-state index in [-0.39, 0.29) is 0 Å². The first-order valence-electron chi connectivity index (χ1n) is 5.24. The fourth-order valence-electron chi connectivity index (χ4n) is 1.88. The highest BCUT2D eigenvalue weighted by Gasteiger charge is 2.10. The average molecular weight is 244 g/mol. The highest BCUT2D eigenvalue weighted by atomic mass is 35.5. The molecule has 0 unspecified atom stereocenters. The van der Waals surface area contributed by atoms with Gasteiger partial charge in [0.05, 0.1) is 28.1 Å². The zero-order valence-corrected chi connectivity index (χ0v) is 9.72. The summed E-state index contributed by atoms with van der Waals surface area (Å²) in [5.74, 6) is 0. The smallest absolute Gasteiger partial charge is 0.0985 e. The molecule has 0 radical (unpaired) electrons. The molecule has 3 aromatic rings. The van der Waals surface area contributed by atoms with Gasteiger partial charge in [-0.05, 0) is 24.3 Å². The summed E-state index contributed by atoms with van der Waals surface area (Å²) in [6.45, 7) is 0. The van der Waals surface area contributed by atoms with E-state index in [0.717, 1.165) is 16.6 Å². The second kappa shape index (κ2) is 3.79. The van der Waals surface area contributed by atoms with E-state index in [4.69, 9.17) is 17.3 Å². The Balaban J connectivity index is 2.35. The first kappa shape index (κ1) is 10.2. The van der Waals surface area contributed by atoms with Gasteiger partial charge in [-0.25, -0.2) is 4.68 Å². The maximum Gasteiger partial charge on any atom is 0.0985 e. The molecule has 0 amide bonds. The Morgan fingerprint density at radius 3 is 2.59 bits per heavy atom. The Morgan fingerprint density at radius 1 is 1.06 bits per heavy atom. The molecular formula is C13H10ClN3. The molecule has 0 aliphatic carbocycles. The molecule has 0 saturated carbocycles. The van der Waals surface area contributed by atoms with Gasteiger partial charge in [-0.1, -0.05) is 29.8 Å². The molecule has 84 valence electrons. The topological polar surface area (TPSA) is 43.8 Å². The fraction of sp³-hybridized carbons (Fsp3) is 0. The Kier molecular flexibility index (Phi) is 2.27. The number of nitrogens with two attached hydrogens (primary N) is 1. The van der Waals surface area contributed by atoms with Gasteiger partial charge in [-0.2, -0.15) is 5.10 Å². The van der Waals surface area contributed by atoms with Crippen LogP contribution >= 0.6 is 11.6 Å². The molecule has 3 nitrogen and oxygen atoms in total. The number of anilines is 1. The van der Waals surface area contributed by atoms with E-state index in [1.807, 2.05) is 36.4 Å². The Morgan fingerprint density at radius 2 is 1.82 bits per heavy atom. The summed E-state index contributed by atoms with van der Waals surface area (Å²) in [6.07, 6.45) is 1.79. The van der Waals surface area contributed by atoms with Crippen molar-refractivity contribution in [3.05, 3.63) is 53.7 Å². The van der Waals surface area contributed by atoms with E-state index in [0.29, 0.717) is 10.7 Å². The van der Waals surface area contributed by atoms with E-state index in [2.05, 4.69) is 5.10 Å². The molecule has 0 fully saturated rings. The zero-order valence-electron chi connectivity index (χ0n) is 8.97. The third-order valence-corrected chi connectivity index (χ3v) is 3.05. The number of benzene rings is 2. The number of halogens is 1. The van der Waals surface area contributed by atoms with Crippen LogP contribution in [0.3, 0.4) is 0 Å². The summed E-state index contributed by atoms with van der Waals surface area (Å²) in [6, 6.07) is 13.6. The molecule has 1 aromatic heterocycles. The summed E-state index contributed by atoms with van der Waals surface area (Å²) in [4.78, 5) is 0. The van der Waals surface area contributed by atoms with E-state index in [9.17, 15) is 0 Å². The summed E-state index contributed by atoms with van der Waals surface area (Å²) < 4.78 is 1.80. The molecule has 1 heterocycles. The molecule has 2 aromatic carbocycles. The van der Waals surface area contributed by atoms with Crippen LogP contribution in [-0.2, 0) is 0 Å². The van der Waals surface area contributed by atoms with Gasteiger partial charge in [0.15, 0.2) is 0 Å². The van der Waals surface area contributed by atoms with Crippen molar-refractivity contribution < 1.29 is 0 Å². The van der Waals surface area contributed by atoms with Crippen LogP contribution < -0.4 is 5.73 Å². The number of para-hydroxylation sites is 1. The van der Waals surface area contributed by atoms with Crippen molar-refractivity contribution in [1.29, 1.82) is 0 Å². The van der Waals surface area contributed by atoms with Gasteiger partial charge < -0.3 is 5.73 Å². The highest BCUT2D eigenvalue weighted by Crippen LogP contribution is 2.29. The molecule has 2 N–H and O–H groups in total. The molecular weight excluding hydrogens is 234 g/mol. The van der Waals surface area contributed by atoms with Crippen LogP contribution in [0.25, 0.3) is 16.6 Å². The Labute approximate surface area is 103 Å². The average Bonchev–Trinajstić information content (AvgIpc) is 2.79. The number of hydrogen-bond donors (Lipinski definition) is 1. The minimum Gasteiger partial charge on any atom is -0.396 e. The molecule has 0 saturated heterocycles. The van der Waals surface area contributed by atoms with Gasteiger partial charge in [0.1, 0.15) is 0 Å². The molecule has 0 atom stereocenters. The van der Waals surface area contributed by atoms with Crippen LogP contribution in [0.1, 0.15) is 0 Å². The minimum absolute atomic E-state index is 0.551. The van der Waals surface area contributed by atoms with Gasteiger partial charge in [0.2, 0.25) is 0 Å². The number of nitrogens with zero attached hydrogens (tertiary/aromatic N) is 2. The van der Waals surface area contributed by atoms with Crippen LogP contribution in [0.2, 0.25) is 5.02 Å².